The van der Waals surface area contributed by atoms with Crippen LogP contribution in [0.3, 0.4) is 0 Å². The molecule has 0 radical (unpaired) electrons. The minimum absolute atomic E-state index is 0.00884. The number of hydrogen-bond acceptors (Lipinski definition) is 14. The van der Waals surface area contributed by atoms with Gasteiger partial charge in [-0.05, 0) is 75.0 Å². The topological polar surface area (TPSA) is 165 Å². The van der Waals surface area contributed by atoms with Gasteiger partial charge in [-0.2, -0.15) is 0 Å². The molecule has 2 aromatic carbocycles. The van der Waals surface area contributed by atoms with Crippen LogP contribution in [-0.4, -0.2) is 166 Å². The van der Waals surface area contributed by atoms with Gasteiger partial charge in [0.25, 0.3) is 0 Å². The largest absolute Gasteiger partial charge is 0.490 e. The van der Waals surface area contributed by atoms with Gasteiger partial charge in [0, 0.05) is 125 Å². The molecular weight excluding hydrogens is 763 g/mol. The molecule has 54 heavy (non-hydrogen) atoms. The first-order valence-electron chi connectivity index (χ1n) is 18.8. The number of nitro benzene ring substituents is 2. The molecule has 4 saturated heterocycles. The van der Waals surface area contributed by atoms with Gasteiger partial charge >= 0.3 is 18.5 Å². The van der Waals surface area contributed by atoms with E-state index in [0.29, 0.717) is 23.6 Å². The smallest absolute Gasteiger partial charge is 0.448 e. The van der Waals surface area contributed by atoms with Crippen molar-refractivity contribution in [1.29, 1.82) is 0 Å². The Hall–Kier alpha value is -3.26. The summed E-state index contributed by atoms with van der Waals surface area (Å²) in [5.41, 5.74) is 2.99. The van der Waals surface area contributed by atoms with Crippen LogP contribution in [-0.2, 0) is 0 Å². The highest BCUT2D eigenvalue weighted by Gasteiger charge is 2.30. The normalized spacial score (nSPS) is 19.6. The summed E-state index contributed by atoms with van der Waals surface area (Å²) in [5, 5.41) is 37.5. The first-order valence-corrected chi connectivity index (χ1v) is 19.6. The van der Waals surface area contributed by atoms with Crippen molar-refractivity contribution in [2.75, 3.05) is 117 Å². The number of piperidine rings is 2. The van der Waals surface area contributed by atoms with Crippen molar-refractivity contribution < 1.29 is 29.4 Å². The van der Waals surface area contributed by atoms with Crippen LogP contribution in [0.15, 0.2) is 28.7 Å². The van der Waals surface area contributed by atoms with Crippen LogP contribution in [0.5, 0.6) is 11.5 Å². The summed E-state index contributed by atoms with van der Waals surface area (Å²) < 4.78 is 11.2. The number of nitro groups is 2. The first kappa shape index (κ1) is 43.5. The lowest BCUT2D eigenvalue weighted by Crippen LogP contribution is -2.52. The number of anilines is 2. The number of likely N-dealkylation sites (N-methyl/N-ethyl adjacent to an activating group) is 2. The number of rotatable bonds is 8. The van der Waals surface area contributed by atoms with Gasteiger partial charge in [-0.25, -0.2) is 0 Å². The zero-order valence-electron chi connectivity index (χ0n) is 32.7. The lowest BCUT2D eigenvalue weighted by atomic mass is 9.99. The number of methoxy groups -OCH3 is 2. The number of piperazine rings is 2. The van der Waals surface area contributed by atoms with Crippen molar-refractivity contribution in [3.05, 3.63) is 54.5 Å². The van der Waals surface area contributed by atoms with Crippen LogP contribution in [0, 0.1) is 27.2 Å². The minimum Gasteiger partial charge on any atom is -0.490 e. The van der Waals surface area contributed by atoms with Crippen LogP contribution < -0.4 is 19.3 Å². The molecule has 0 bridgehead atoms. The van der Waals surface area contributed by atoms with Gasteiger partial charge in [0.15, 0.2) is 11.5 Å². The van der Waals surface area contributed by atoms with Gasteiger partial charge in [-0.3, -0.25) is 30.0 Å². The van der Waals surface area contributed by atoms with E-state index in [-0.39, 0.29) is 16.3 Å². The van der Waals surface area contributed by atoms with E-state index in [0.717, 1.165) is 126 Å². The number of aryl methyl sites for hydroxylation is 1. The second-order valence-electron chi connectivity index (χ2n) is 14.5. The Morgan fingerprint density at radius 1 is 0.667 bits per heavy atom. The Labute approximate surface area is 328 Å². The van der Waals surface area contributed by atoms with E-state index in [2.05, 4.69) is 59.4 Å². The van der Waals surface area contributed by atoms with Crippen molar-refractivity contribution >= 4 is 45.8 Å². The average Bonchev–Trinajstić information content (AvgIpc) is 3.15. The van der Waals surface area contributed by atoms with Gasteiger partial charge in [0.1, 0.15) is 0 Å². The highest BCUT2D eigenvalue weighted by atomic mass is 79.9. The van der Waals surface area contributed by atoms with E-state index in [4.69, 9.17) is 19.5 Å². The number of benzene rings is 2. The van der Waals surface area contributed by atoms with Gasteiger partial charge in [0.2, 0.25) is 0 Å². The molecule has 0 aliphatic carbocycles. The third kappa shape index (κ3) is 11.9. The molecule has 0 spiro atoms. The Kier molecular flexibility index (Phi) is 16.6. The molecule has 2 aromatic rings. The molecule has 4 aliphatic heterocycles. The van der Waals surface area contributed by atoms with Gasteiger partial charge < -0.3 is 39.1 Å². The molecular formula is C36H58BBrN8O8. The SMILES string of the molecule is CB(O)O.COc1cc(N2CCC(N3CCN(C)CC3)CC2)c(Br)cc1[N+](=O)[O-].COc1cc(N2CCC(N3CCN(C)CC3)CC2)c(C)cc1[N+](=O)[O-]. The molecule has 4 fully saturated rings. The molecule has 16 nitrogen and oxygen atoms in total. The zero-order chi connectivity index (χ0) is 39.5. The van der Waals surface area contributed by atoms with Crippen LogP contribution >= 0.6 is 15.9 Å². The fourth-order valence-electron chi connectivity index (χ4n) is 7.71. The van der Waals surface area contributed by atoms with Crippen LogP contribution in [0.2, 0.25) is 6.82 Å². The fraction of sp³-hybridized carbons (Fsp3) is 0.667. The van der Waals surface area contributed by atoms with E-state index in [1.165, 1.54) is 21.0 Å². The van der Waals surface area contributed by atoms with E-state index in [1.54, 1.807) is 18.2 Å². The van der Waals surface area contributed by atoms with E-state index in [1.807, 2.05) is 13.0 Å². The molecule has 0 unspecified atom stereocenters. The molecule has 0 aromatic heterocycles. The number of nitrogens with zero attached hydrogens (tertiary/aromatic N) is 8. The lowest BCUT2D eigenvalue weighted by Gasteiger charge is -2.42. The predicted molar refractivity (Wildman–Crippen MR) is 216 cm³/mol. The highest BCUT2D eigenvalue weighted by molar-refractivity contribution is 9.10. The molecule has 4 heterocycles. The summed E-state index contributed by atoms with van der Waals surface area (Å²) in [7, 11) is 6.16. The first-order chi connectivity index (χ1) is 25.7. The monoisotopic (exact) mass is 820 g/mol. The molecule has 0 amide bonds. The number of ether oxygens (including phenoxy) is 2. The third-order valence-corrected chi connectivity index (χ3v) is 11.5. The molecule has 18 heteroatoms. The Morgan fingerprint density at radius 3 is 1.39 bits per heavy atom. The second-order valence-corrected chi connectivity index (χ2v) is 15.4. The van der Waals surface area contributed by atoms with Crippen molar-refractivity contribution in [2.24, 2.45) is 0 Å². The summed E-state index contributed by atoms with van der Waals surface area (Å²) in [6.07, 6.45) is 4.52. The summed E-state index contributed by atoms with van der Waals surface area (Å²) in [6.45, 7) is 16.3. The van der Waals surface area contributed by atoms with Crippen molar-refractivity contribution in [3.63, 3.8) is 0 Å². The Balaban J connectivity index is 0.000000219. The Bertz CT molecular complexity index is 1420. The Morgan fingerprint density at radius 2 is 1.02 bits per heavy atom. The minimum atomic E-state index is -1.17. The maximum atomic E-state index is 11.2. The number of halogens is 1. The maximum absolute atomic E-state index is 11.2. The standard InChI is InChI=1S/C18H28N4O3.C17H25BrN4O3.CH5BO2/c1-14-12-17(22(23)24)18(25-3)13-16(14)21-6-4-15(5-7-21)20-10-8-19(2)9-11-20;1-19-7-9-20(10-8-19)13-3-5-21(6-4-13)15-12-17(25-2)16(22(23)24)11-14(15)18;1-2(3)4/h12-13,15H,4-11H2,1-3H3;11-13H,3-10H2,1-2H3;3-4H,1H3. The molecule has 300 valence electrons. The van der Waals surface area contributed by atoms with Crippen LogP contribution in [0.1, 0.15) is 31.2 Å². The van der Waals surface area contributed by atoms with Crippen molar-refractivity contribution in [3.8, 4) is 11.5 Å². The summed E-state index contributed by atoms with van der Waals surface area (Å²) >= 11 is 3.50. The predicted octanol–water partition coefficient (Wildman–Crippen LogP) is 3.80. The molecule has 6 rings (SSSR count). The van der Waals surface area contributed by atoms with Gasteiger partial charge in [0.05, 0.1) is 29.8 Å². The number of hydrogen-bond donors (Lipinski definition) is 2. The second kappa shape index (κ2) is 20.6. The van der Waals surface area contributed by atoms with Crippen molar-refractivity contribution in [1.82, 2.24) is 19.6 Å². The van der Waals surface area contributed by atoms with Crippen LogP contribution in [0.25, 0.3) is 0 Å². The lowest BCUT2D eigenvalue weighted by molar-refractivity contribution is -0.385. The fourth-order valence-corrected chi connectivity index (χ4v) is 8.29. The summed E-state index contributed by atoms with van der Waals surface area (Å²) in [6, 6.07) is 8.07. The van der Waals surface area contributed by atoms with Crippen molar-refractivity contribution in [2.45, 2.75) is 51.5 Å². The van der Waals surface area contributed by atoms with E-state index < -0.39 is 12.0 Å². The van der Waals surface area contributed by atoms with Gasteiger partial charge in [-0.1, -0.05) is 0 Å². The molecule has 4 aliphatic rings. The summed E-state index contributed by atoms with van der Waals surface area (Å²) in [5.74, 6) is 0.649. The highest BCUT2D eigenvalue weighted by Crippen LogP contribution is 2.39. The maximum Gasteiger partial charge on any atom is 0.448 e. The van der Waals surface area contributed by atoms with E-state index in [9.17, 15) is 20.2 Å². The average molecular weight is 822 g/mol. The quantitative estimate of drug-likeness (QED) is 0.225. The third-order valence-electron chi connectivity index (χ3n) is 10.9. The molecule has 0 saturated carbocycles. The van der Waals surface area contributed by atoms with E-state index >= 15 is 0 Å². The summed E-state index contributed by atoms with van der Waals surface area (Å²) in [4.78, 5) is 36.2. The van der Waals surface area contributed by atoms with Crippen LogP contribution in [0.4, 0.5) is 22.7 Å². The molecule has 2 N–H and O–H groups in total. The molecule has 0 atom stereocenters. The zero-order valence-corrected chi connectivity index (χ0v) is 34.2. The van der Waals surface area contributed by atoms with Gasteiger partial charge in [-0.15, -0.1) is 0 Å².